The van der Waals surface area contributed by atoms with E-state index in [2.05, 4.69) is 22.4 Å². The van der Waals surface area contributed by atoms with Gasteiger partial charge in [-0.05, 0) is 61.2 Å². The van der Waals surface area contributed by atoms with Crippen LogP contribution in [0.3, 0.4) is 0 Å². The van der Waals surface area contributed by atoms with Gasteiger partial charge in [0.1, 0.15) is 16.5 Å². The third-order valence-corrected chi connectivity index (χ3v) is 8.56. The zero-order valence-electron chi connectivity index (χ0n) is 19.1. The molecule has 2 heterocycles. The fraction of sp³-hybridized carbons (Fsp3) is 0.348. The van der Waals surface area contributed by atoms with Gasteiger partial charge in [0.2, 0.25) is 15.2 Å². The highest BCUT2D eigenvalue weighted by atomic mass is 32.2. The lowest BCUT2D eigenvalue weighted by Gasteiger charge is -2.29. The molecule has 1 N–H and O–H groups in total. The summed E-state index contributed by atoms with van der Waals surface area (Å²) in [5, 5.41) is 11.8. The van der Waals surface area contributed by atoms with Crippen molar-refractivity contribution in [1.29, 1.82) is 0 Å². The van der Waals surface area contributed by atoms with E-state index in [4.69, 9.17) is 9.47 Å². The van der Waals surface area contributed by atoms with Crippen LogP contribution in [0.5, 0.6) is 11.5 Å². The van der Waals surface area contributed by atoms with Crippen molar-refractivity contribution < 1.29 is 22.7 Å². The Balaban J connectivity index is 1.55. The van der Waals surface area contributed by atoms with Crippen molar-refractivity contribution in [3.8, 4) is 22.1 Å². The smallest absolute Gasteiger partial charge is 0.261 e. The van der Waals surface area contributed by atoms with Gasteiger partial charge in [-0.2, -0.15) is 4.31 Å². The minimum absolute atomic E-state index is 0.0594. The molecule has 11 heteroatoms. The molecule has 1 aliphatic rings. The van der Waals surface area contributed by atoms with Gasteiger partial charge in [-0.15, -0.1) is 10.2 Å². The molecule has 0 radical (unpaired) electrons. The van der Waals surface area contributed by atoms with Crippen LogP contribution < -0.4 is 14.8 Å². The molecule has 0 bridgehead atoms. The van der Waals surface area contributed by atoms with Crippen molar-refractivity contribution >= 4 is 32.4 Å². The molecule has 9 nitrogen and oxygen atoms in total. The Morgan fingerprint density at radius 2 is 1.76 bits per heavy atom. The number of hydrogen-bond donors (Lipinski definition) is 1. The molecule has 1 aromatic heterocycles. The molecule has 180 valence electrons. The maximum absolute atomic E-state index is 13.2. The summed E-state index contributed by atoms with van der Waals surface area (Å²) in [5.41, 5.74) is 0.940. The lowest BCUT2D eigenvalue weighted by atomic mass is 10.0. The SMILES string of the molecule is COc1ccc(-c2nnc(NC(=O)c3cc(S(=O)(=O)N4CCC(C)CC4)ccc3OC)s2)cc1. The standard InChI is InChI=1S/C23H26N4O5S2/c1-15-10-12-27(13-11-15)34(29,30)18-8-9-20(32-3)19(14-18)21(28)24-23-26-25-22(33-23)16-4-6-17(31-2)7-5-16/h4-9,14-15H,10-13H2,1-3H3,(H,24,26,28). The summed E-state index contributed by atoms with van der Waals surface area (Å²) >= 11 is 1.21. The Labute approximate surface area is 202 Å². The summed E-state index contributed by atoms with van der Waals surface area (Å²) in [5.74, 6) is 0.961. The topological polar surface area (TPSA) is 111 Å². The van der Waals surface area contributed by atoms with Crippen LogP contribution in [0.1, 0.15) is 30.1 Å². The van der Waals surface area contributed by atoms with Crippen molar-refractivity contribution in [2.24, 2.45) is 5.92 Å². The van der Waals surface area contributed by atoms with Crippen LogP contribution in [0.2, 0.25) is 0 Å². The number of aromatic nitrogens is 2. The molecule has 1 amide bonds. The van der Waals surface area contributed by atoms with Crippen LogP contribution >= 0.6 is 11.3 Å². The molecule has 1 aliphatic heterocycles. The summed E-state index contributed by atoms with van der Waals surface area (Å²) in [4.78, 5) is 13.1. The van der Waals surface area contributed by atoms with E-state index in [9.17, 15) is 13.2 Å². The van der Waals surface area contributed by atoms with Crippen LogP contribution in [0.4, 0.5) is 5.13 Å². The average molecular weight is 503 g/mol. The summed E-state index contributed by atoms with van der Waals surface area (Å²) in [7, 11) is -0.693. The number of methoxy groups -OCH3 is 2. The lowest BCUT2D eigenvalue weighted by molar-refractivity contribution is 0.102. The van der Waals surface area contributed by atoms with Crippen LogP contribution in [-0.4, -0.2) is 56.1 Å². The molecule has 0 spiro atoms. The molecule has 0 aliphatic carbocycles. The van der Waals surface area contributed by atoms with Crippen LogP contribution in [0.25, 0.3) is 10.6 Å². The molecule has 0 unspecified atom stereocenters. The molecule has 2 aromatic carbocycles. The van der Waals surface area contributed by atoms with E-state index in [1.165, 1.54) is 41.0 Å². The van der Waals surface area contributed by atoms with Crippen LogP contribution in [0, 0.1) is 5.92 Å². The van der Waals surface area contributed by atoms with Gasteiger partial charge in [-0.3, -0.25) is 10.1 Å². The summed E-state index contributed by atoms with van der Waals surface area (Å²) in [6.07, 6.45) is 1.63. The van der Waals surface area contributed by atoms with Crippen LogP contribution in [-0.2, 0) is 10.0 Å². The second-order valence-electron chi connectivity index (χ2n) is 8.04. The molecule has 4 rings (SSSR count). The van der Waals surface area contributed by atoms with E-state index in [-0.39, 0.29) is 21.3 Å². The number of carbonyl (C=O) groups excluding carboxylic acids is 1. The highest BCUT2D eigenvalue weighted by molar-refractivity contribution is 7.89. The maximum atomic E-state index is 13.2. The van der Waals surface area contributed by atoms with Crippen molar-refractivity contribution in [1.82, 2.24) is 14.5 Å². The fourth-order valence-electron chi connectivity index (χ4n) is 3.69. The number of piperidine rings is 1. The zero-order valence-corrected chi connectivity index (χ0v) is 20.8. The van der Waals surface area contributed by atoms with Gasteiger partial charge in [-0.25, -0.2) is 8.42 Å². The molecule has 1 fully saturated rings. The Morgan fingerprint density at radius 3 is 2.41 bits per heavy atom. The van der Waals surface area contributed by atoms with Crippen molar-refractivity contribution in [2.75, 3.05) is 32.6 Å². The van der Waals surface area contributed by atoms with Crippen LogP contribution in [0.15, 0.2) is 47.4 Å². The predicted molar refractivity (Wildman–Crippen MR) is 130 cm³/mol. The number of benzene rings is 2. The quantitative estimate of drug-likeness (QED) is 0.522. The molecular weight excluding hydrogens is 476 g/mol. The fourth-order valence-corrected chi connectivity index (χ4v) is 5.93. The van der Waals surface area contributed by atoms with Crippen molar-refractivity contribution in [3.05, 3.63) is 48.0 Å². The first-order chi connectivity index (χ1) is 16.3. The number of ether oxygens (including phenoxy) is 2. The van der Waals surface area contributed by atoms with Gasteiger partial charge in [0.25, 0.3) is 5.91 Å². The minimum atomic E-state index is -3.71. The maximum Gasteiger partial charge on any atom is 0.261 e. The minimum Gasteiger partial charge on any atom is -0.497 e. The highest BCUT2D eigenvalue weighted by Crippen LogP contribution is 2.30. The number of anilines is 1. The number of carbonyl (C=O) groups is 1. The monoisotopic (exact) mass is 502 g/mol. The third-order valence-electron chi connectivity index (χ3n) is 5.78. The van der Waals surface area contributed by atoms with Gasteiger partial charge >= 0.3 is 0 Å². The number of sulfonamides is 1. The normalized spacial score (nSPS) is 15.1. The second kappa shape index (κ2) is 10.1. The Kier molecular flexibility index (Phi) is 7.15. The molecule has 3 aromatic rings. The first kappa shape index (κ1) is 24.1. The molecular formula is C23H26N4O5S2. The Bertz CT molecular complexity index is 1270. The third kappa shape index (κ3) is 5.06. The highest BCUT2D eigenvalue weighted by Gasteiger charge is 2.29. The first-order valence-corrected chi connectivity index (χ1v) is 13.0. The molecule has 34 heavy (non-hydrogen) atoms. The van der Waals surface area contributed by atoms with Crippen molar-refractivity contribution in [3.63, 3.8) is 0 Å². The summed E-state index contributed by atoms with van der Waals surface area (Å²) < 4.78 is 38.3. The Hall–Kier alpha value is -3.02. The van der Waals surface area contributed by atoms with E-state index in [1.807, 2.05) is 24.3 Å². The second-order valence-corrected chi connectivity index (χ2v) is 11.0. The van der Waals surface area contributed by atoms with Gasteiger partial charge < -0.3 is 9.47 Å². The van der Waals surface area contributed by atoms with E-state index in [1.54, 1.807) is 7.11 Å². The number of nitrogens with one attached hydrogen (secondary N) is 1. The number of rotatable bonds is 7. The Morgan fingerprint density at radius 1 is 1.06 bits per heavy atom. The number of nitrogens with zero attached hydrogens (tertiary/aromatic N) is 3. The van der Waals surface area contributed by atoms with E-state index in [0.717, 1.165) is 24.2 Å². The first-order valence-electron chi connectivity index (χ1n) is 10.8. The van der Waals surface area contributed by atoms with E-state index >= 15 is 0 Å². The molecule has 0 atom stereocenters. The van der Waals surface area contributed by atoms with Gasteiger partial charge in [-0.1, -0.05) is 18.3 Å². The van der Waals surface area contributed by atoms with Gasteiger partial charge in [0, 0.05) is 18.7 Å². The summed E-state index contributed by atoms with van der Waals surface area (Å²) in [6, 6.07) is 11.6. The predicted octanol–water partition coefficient (Wildman–Crippen LogP) is 3.90. The lowest BCUT2D eigenvalue weighted by Crippen LogP contribution is -2.37. The molecule has 0 saturated carbocycles. The van der Waals surface area contributed by atoms with Gasteiger partial charge in [0.05, 0.1) is 24.7 Å². The number of amides is 1. The zero-order chi connectivity index (χ0) is 24.3. The summed E-state index contributed by atoms with van der Waals surface area (Å²) in [6.45, 7) is 3.05. The van der Waals surface area contributed by atoms with Gasteiger partial charge in [0.15, 0.2) is 0 Å². The van der Waals surface area contributed by atoms with E-state index in [0.29, 0.717) is 24.0 Å². The molecule has 1 saturated heterocycles. The van der Waals surface area contributed by atoms with E-state index < -0.39 is 15.9 Å². The average Bonchev–Trinajstić information content (AvgIpc) is 3.32. The number of hydrogen-bond acceptors (Lipinski definition) is 8. The largest absolute Gasteiger partial charge is 0.497 e. The van der Waals surface area contributed by atoms with Crippen molar-refractivity contribution in [2.45, 2.75) is 24.7 Å².